The number of carboxylic acids is 1. The quantitative estimate of drug-likeness (QED) is 0.469. The lowest BCUT2D eigenvalue weighted by molar-refractivity contribution is -0.137. The van der Waals surface area contributed by atoms with Gasteiger partial charge in [-0.3, -0.25) is 9.78 Å². The first-order valence-electron chi connectivity index (χ1n) is 9.98. The molecule has 6 nitrogen and oxygen atoms in total. The van der Waals surface area contributed by atoms with Crippen LogP contribution in [-0.2, 0) is 17.6 Å². The molecular formula is C24H26N2O4. The summed E-state index contributed by atoms with van der Waals surface area (Å²) in [5.74, 6) is 1.31. The Balaban J connectivity index is 1.69. The van der Waals surface area contributed by atoms with Crippen LogP contribution in [0.15, 0.2) is 66.9 Å². The fourth-order valence-corrected chi connectivity index (χ4v) is 3.10. The van der Waals surface area contributed by atoms with E-state index in [2.05, 4.69) is 10.3 Å². The summed E-state index contributed by atoms with van der Waals surface area (Å²) in [6, 6.07) is 19.1. The molecule has 1 aromatic heterocycles. The number of hydrogen-bond donors (Lipinski definition) is 2. The van der Waals surface area contributed by atoms with E-state index in [-0.39, 0.29) is 6.42 Å². The van der Waals surface area contributed by atoms with E-state index in [0.29, 0.717) is 37.4 Å². The van der Waals surface area contributed by atoms with Gasteiger partial charge >= 0.3 is 5.97 Å². The van der Waals surface area contributed by atoms with Crippen LogP contribution < -0.4 is 14.8 Å². The third-order valence-corrected chi connectivity index (χ3v) is 4.61. The van der Waals surface area contributed by atoms with Crippen molar-refractivity contribution in [3.8, 4) is 17.2 Å². The molecular weight excluding hydrogens is 380 g/mol. The van der Waals surface area contributed by atoms with Gasteiger partial charge in [-0.1, -0.05) is 24.3 Å². The number of rotatable bonds is 11. The maximum absolute atomic E-state index is 10.8. The molecule has 156 valence electrons. The molecule has 0 aliphatic carbocycles. The Bertz CT molecular complexity index is 960. The van der Waals surface area contributed by atoms with E-state index in [0.717, 1.165) is 22.7 Å². The molecule has 0 bridgehead atoms. The molecule has 2 N–H and O–H groups in total. The van der Waals surface area contributed by atoms with Crippen LogP contribution in [-0.4, -0.2) is 29.7 Å². The monoisotopic (exact) mass is 406 g/mol. The van der Waals surface area contributed by atoms with Crippen LogP contribution in [0.1, 0.15) is 24.1 Å². The van der Waals surface area contributed by atoms with Gasteiger partial charge in [0.05, 0.1) is 18.0 Å². The Hall–Kier alpha value is -3.54. The van der Waals surface area contributed by atoms with E-state index in [1.807, 2.05) is 67.7 Å². The minimum Gasteiger partial charge on any atom is -0.493 e. The zero-order valence-electron chi connectivity index (χ0n) is 17.0. The average molecular weight is 406 g/mol. The smallest absolute Gasteiger partial charge is 0.303 e. The predicted molar refractivity (Wildman–Crippen MR) is 117 cm³/mol. The Kier molecular flexibility index (Phi) is 7.66. The molecule has 2 aromatic carbocycles. The van der Waals surface area contributed by atoms with Gasteiger partial charge in [0.2, 0.25) is 0 Å². The summed E-state index contributed by atoms with van der Waals surface area (Å²) in [4.78, 5) is 15.2. The molecule has 0 unspecified atom stereocenters. The first kappa shape index (κ1) is 21.2. The number of nitrogens with zero attached hydrogens (tertiary/aromatic N) is 1. The fraction of sp³-hybridized carbons (Fsp3) is 0.250. The number of para-hydroxylation sites is 1. The van der Waals surface area contributed by atoms with Crippen molar-refractivity contribution in [3.63, 3.8) is 0 Å². The number of ether oxygens (including phenoxy) is 2. The maximum atomic E-state index is 10.8. The second-order valence-corrected chi connectivity index (χ2v) is 6.78. The minimum absolute atomic E-state index is 0.126. The van der Waals surface area contributed by atoms with E-state index in [1.54, 1.807) is 6.20 Å². The average Bonchev–Trinajstić information content (AvgIpc) is 2.76. The van der Waals surface area contributed by atoms with Crippen molar-refractivity contribution in [1.29, 1.82) is 0 Å². The number of aliphatic carboxylic acids is 1. The number of anilines is 1. The molecule has 0 aliphatic heterocycles. The Labute approximate surface area is 176 Å². The highest BCUT2D eigenvalue weighted by molar-refractivity contribution is 5.66. The lowest BCUT2D eigenvalue weighted by Gasteiger charge is -2.14. The molecule has 1 heterocycles. The van der Waals surface area contributed by atoms with Gasteiger partial charge in [0.15, 0.2) is 0 Å². The molecule has 0 aliphatic rings. The van der Waals surface area contributed by atoms with Crippen molar-refractivity contribution in [2.45, 2.75) is 25.7 Å². The first-order valence-corrected chi connectivity index (χ1v) is 9.98. The van der Waals surface area contributed by atoms with Crippen LogP contribution in [0.4, 0.5) is 5.69 Å². The largest absolute Gasteiger partial charge is 0.493 e. The van der Waals surface area contributed by atoms with E-state index >= 15 is 0 Å². The lowest BCUT2D eigenvalue weighted by atomic mass is 10.1. The summed E-state index contributed by atoms with van der Waals surface area (Å²) < 4.78 is 12.0. The molecule has 3 rings (SSSR count). The molecule has 0 spiro atoms. The highest BCUT2D eigenvalue weighted by atomic mass is 16.5. The molecule has 30 heavy (non-hydrogen) atoms. The van der Waals surface area contributed by atoms with Crippen molar-refractivity contribution >= 4 is 11.7 Å². The van der Waals surface area contributed by atoms with Gasteiger partial charge in [0.25, 0.3) is 0 Å². The number of aryl methyl sites for hydroxylation is 1. The van der Waals surface area contributed by atoms with Crippen molar-refractivity contribution < 1.29 is 19.4 Å². The molecule has 3 aromatic rings. The van der Waals surface area contributed by atoms with Crippen LogP contribution in [0.3, 0.4) is 0 Å². The summed E-state index contributed by atoms with van der Waals surface area (Å²) in [7, 11) is 1.87. The van der Waals surface area contributed by atoms with Gasteiger partial charge in [0.1, 0.15) is 17.2 Å². The molecule has 0 atom stereocenters. The zero-order chi connectivity index (χ0) is 21.2. The molecule has 6 heteroatoms. The summed E-state index contributed by atoms with van der Waals surface area (Å²) in [5.41, 5.74) is 2.89. The van der Waals surface area contributed by atoms with E-state index < -0.39 is 5.97 Å². The third kappa shape index (κ3) is 6.24. The first-order chi connectivity index (χ1) is 14.7. The summed E-state index contributed by atoms with van der Waals surface area (Å²) >= 11 is 0. The standard InChI is InChI=1S/C24H26N2O4/c1-25-21-10-6-15-26-22(21)14-16-29-20-13-12-18(7-5-11-24(27)28)23(17-20)30-19-8-3-2-4-9-19/h2-4,6,8-10,12-13,15,17,25H,5,7,11,14,16H2,1H3,(H,27,28). The number of nitrogens with one attached hydrogen (secondary N) is 1. The van der Waals surface area contributed by atoms with E-state index in [4.69, 9.17) is 14.6 Å². The van der Waals surface area contributed by atoms with Gasteiger partial charge in [-0.25, -0.2) is 0 Å². The van der Waals surface area contributed by atoms with E-state index in [9.17, 15) is 4.79 Å². The minimum atomic E-state index is -0.795. The maximum Gasteiger partial charge on any atom is 0.303 e. The van der Waals surface area contributed by atoms with Gasteiger partial charge in [0, 0.05) is 32.2 Å². The Morgan fingerprint density at radius 1 is 1.03 bits per heavy atom. The number of carboxylic acid groups (broad SMARTS) is 1. The van der Waals surface area contributed by atoms with Crippen molar-refractivity contribution in [1.82, 2.24) is 4.98 Å². The fourth-order valence-electron chi connectivity index (χ4n) is 3.10. The van der Waals surface area contributed by atoms with Crippen LogP contribution in [0.25, 0.3) is 0 Å². The van der Waals surface area contributed by atoms with Crippen LogP contribution in [0.2, 0.25) is 0 Å². The highest BCUT2D eigenvalue weighted by Crippen LogP contribution is 2.31. The normalized spacial score (nSPS) is 10.4. The van der Waals surface area contributed by atoms with Gasteiger partial charge in [-0.2, -0.15) is 0 Å². The molecule has 0 saturated carbocycles. The predicted octanol–water partition coefficient (Wildman–Crippen LogP) is 4.94. The van der Waals surface area contributed by atoms with Crippen LogP contribution in [0, 0.1) is 0 Å². The van der Waals surface area contributed by atoms with Gasteiger partial charge in [-0.15, -0.1) is 0 Å². The second-order valence-electron chi connectivity index (χ2n) is 6.78. The van der Waals surface area contributed by atoms with Gasteiger partial charge in [-0.05, 0) is 48.7 Å². The lowest BCUT2D eigenvalue weighted by Crippen LogP contribution is -2.06. The van der Waals surface area contributed by atoms with Crippen molar-refractivity contribution in [2.24, 2.45) is 0 Å². The zero-order valence-corrected chi connectivity index (χ0v) is 17.0. The third-order valence-electron chi connectivity index (χ3n) is 4.61. The Morgan fingerprint density at radius 3 is 2.63 bits per heavy atom. The molecule has 0 fully saturated rings. The highest BCUT2D eigenvalue weighted by Gasteiger charge is 2.10. The Morgan fingerprint density at radius 2 is 1.87 bits per heavy atom. The molecule has 0 saturated heterocycles. The number of aromatic nitrogens is 1. The number of hydrogen-bond acceptors (Lipinski definition) is 5. The number of benzene rings is 2. The molecule has 0 amide bonds. The van der Waals surface area contributed by atoms with Crippen LogP contribution in [0.5, 0.6) is 17.2 Å². The van der Waals surface area contributed by atoms with Gasteiger partial charge < -0.3 is 19.9 Å². The summed E-state index contributed by atoms with van der Waals surface area (Å²) in [5, 5.41) is 12.0. The van der Waals surface area contributed by atoms with E-state index in [1.165, 1.54) is 0 Å². The second kappa shape index (κ2) is 10.9. The topological polar surface area (TPSA) is 80.7 Å². The van der Waals surface area contributed by atoms with Crippen molar-refractivity contribution in [2.75, 3.05) is 19.0 Å². The summed E-state index contributed by atoms with van der Waals surface area (Å²) in [6.07, 6.45) is 3.74. The van der Waals surface area contributed by atoms with Crippen molar-refractivity contribution in [3.05, 3.63) is 78.1 Å². The SMILES string of the molecule is CNc1cccnc1CCOc1ccc(CCCC(=O)O)c(Oc2ccccc2)c1. The summed E-state index contributed by atoms with van der Waals surface area (Å²) in [6.45, 7) is 0.481. The number of pyridine rings is 1. The van der Waals surface area contributed by atoms with Crippen LogP contribution >= 0.6 is 0 Å². The number of carbonyl (C=O) groups is 1. The molecule has 0 radical (unpaired) electrons.